The number of fused-ring (bicyclic) bond motifs is 1. The number of aromatic nitrogens is 1. The molecule has 0 N–H and O–H groups in total. The monoisotopic (exact) mass is 367 g/mol. The summed E-state index contributed by atoms with van der Waals surface area (Å²) in [6, 6.07) is 16.9. The van der Waals surface area contributed by atoms with Crippen molar-refractivity contribution in [3.63, 3.8) is 0 Å². The molecule has 2 nitrogen and oxygen atoms in total. The third-order valence-electron chi connectivity index (χ3n) is 3.76. The first-order chi connectivity index (χ1) is 12.0. The van der Waals surface area contributed by atoms with Crippen molar-refractivity contribution < 1.29 is 26.5 Å². The van der Waals surface area contributed by atoms with E-state index >= 15 is 0 Å². The van der Waals surface area contributed by atoms with Crippen molar-refractivity contribution >= 4 is 18.2 Å². The molecule has 0 saturated heterocycles. The first kappa shape index (κ1) is 20.0. The van der Waals surface area contributed by atoms with Crippen molar-refractivity contribution in [3.8, 4) is 11.3 Å². The Morgan fingerprint density at radius 3 is 2.04 bits per heavy atom. The summed E-state index contributed by atoms with van der Waals surface area (Å²) in [7, 11) is -6.00. The molecule has 0 spiro atoms. The summed E-state index contributed by atoms with van der Waals surface area (Å²) < 4.78 is 47.3. The Hall–Kier alpha value is -2.31. The minimum Gasteiger partial charge on any atom is -0.418 e. The third kappa shape index (κ3) is 5.10. The van der Waals surface area contributed by atoms with Crippen molar-refractivity contribution in [2.45, 2.75) is 39.7 Å². The van der Waals surface area contributed by atoms with Gasteiger partial charge < -0.3 is 17.3 Å². The highest BCUT2D eigenvalue weighted by atomic mass is 19.5. The summed E-state index contributed by atoms with van der Waals surface area (Å²) in [6.45, 7) is 8.69. The Bertz CT molecular complexity index is 861. The van der Waals surface area contributed by atoms with Gasteiger partial charge in [-0.15, -0.1) is 0 Å². The minimum absolute atomic E-state index is 0.0857. The van der Waals surface area contributed by atoms with E-state index in [1.807, 2.05) is 22.9 Å². The normalized spacial score (nSPS) is 12.0. The molecule has 0 bridgehead atoms. The number of nitrogens with zero attached hydrogens (tertiary/aromatic N) is 1. The van der Waals surface area contributed by atoms with Crippen molar-refractivity contribution in [1.82, 2.24) is 0 Å². The summed E-state index contributed by atoms with van der Waals surface area (Å²) in [5, 5.41) is 1.17. The molecule has 0 unspecified atom stereocenters. The average molecular weight is 367 g/mol. The molecule has 26 heavy (non-hydrogen) atoms. The van der Waals surface area contributed by atoms with Gasteiger partial charge in [-0.1, -0.05) is 43.3 Å². The highest BCUT2D eigenvalue weighted by Crippen LogP contribution is 2.30. The van der Waals surface area contributed by atoms with E-state index < -0.39 is 7.25 Å². The maximum atomic E-state index is 9.75. The van der Waals surface area contributed by atoms with E-state index in [-0.39, 0.29) is 5.54 Å². The van der Waals surface area contributed by atoms with Crippen LogP contribution in [0, 0.1) is 0 Å². The van der Waals surface area contributed by atoms with E-state index in [4.69, 9.17) is 4.52 Å². The molecule has 0 radical (unpaired) electrons. The zero-order chi connectivity index (χ0) is 19.5. The van der Waals surface area contributed by atoms with Crippen LogP contribution >= 0.6 is 0 Å². The topological polar surface area (TPSA) is 17.0 Å². The molecule has 0 aliphatic heterocycles. The Morgan fingerprint density at radius 2 is 1.54 bits per heavy atom. The Balaban J connectivity index is 0.000000431. The third-order valence-corrected chi connectivity index (χ3v) is 3.76. The molecule has 0 saturated carbocycles. The molecule has 0 aliphatic rings. The van der Waals surface area contributed by atoms with Gasteiger partial charge in [0.05, 0.1) is 0 Å². The summed E-state index contributed by atoms with van der Waals surface area (Å²) in [5.41, 5.74) is 3.54. The summed E-state index contributed by atoms with van der Waals surface area (Å²) >= 11 is 0. The number of hydrogen-bond donors (Lipinski definition) is 0. The molecular weight excluding hydrogens is 345 g/mol. The predicted octanol–water partition coefficient (Wildman–Crippen LogP) is 6.00. The first-order valence-electron chi connectivity index (χ1n) is 8.42. The van der Waals surface area contributed by atoms with Crippen molar-refractivity contribution in [3.05, 3.63) is 54.1 Å². The molecule has 140 valence electrons. The minimum atomic E-state index is -6.00. The molecule has 2 aromatic carbocycles. The molecule has 0 fully saturated rings. The lowest BCUT2D eigenvalue weighted by atomic mass is 10.0. The molecule has 1 heterocycles. The lowest BCUT2D eigenvalue weighted by Crippen LogP contribution is -2.48. The molecule has 1 aromatic heterocycles. The molecule has 0 amide bonds. The SMILES string of the molecule is CCc1ccc2c(-c3ccccc3)o[n+](C(C)(C)C)c2c1.F[B-](F)(F)F. The Labute approximate surface area is 150 Å². The predicted molar refractivity (Wildman–Crippen MR) is 96.4 cm³/mol. The van der Waals surface area contributed by atoms with Crippen LogP contribution in [0.25, 0.3) is 22.2 Å². The van der Waals surface area contributed by atoms with Crippen LogP contribution in [0.3, 0.4) is 0 Å². The van der Waals surface area contributed by atoms with Gasteiger partial charge >= 0.3 is 7.25 Å². The zero-order valence-electron chi connectivity index (χ0n) is 15.3. The number of benzene rings is 2. The van der Waals surface area contributed by atoms with Crippen molar-refractivity contribution in [1.29, 1.82) is 0 Å². The van der Waals surface area contributed by atoms with Gasteiger partial charge in [-0.25, -0.2) is 4.52 Å². The van der Waals surface area contributed by atoms with Crippen molar-refractivity contribution in [2.75, 3.05) is 0 Å². The van der Waals surface area contributed by atoms with Crippen LogP contribution in [0.1, 0.15) is 33.3 Å². The molecule has 3 aromatic rings. The quantitative estimate of drug-likeness (QED) is 0.308. The maximum absolute atomic E-state index is 9.75. The van der Waals surface area contributed by atoms with Gasteiger partial charge in [0.2, 0.25) is 11.3 Å². The van der Waals surface area contributed by atoms with Gasteiger partial charge in [0.25, 0.3) is 5.52 Å². The van der Waals surface area contributed by atoms with Crippen LogP contribution in [-0.2, 0) is 12.0 Å². The Kier molecular flexibility index (Phi) is 5.79. The molecular formula is C19H22BF4NO. The van der Waals surface area contributed by atoms with Gasteiger partial charge in [0.1, 0.15) is 5.39 Å². The highest BCUT2D eigenvalue weighted by molar-refractivity contribution is 6.50. The summed E-state index contributed by atoms with van der Waals surface area (Å²) in [4.78, 5) is 0. The molecule has 0 aliphatic carbocycles. The van der Waals surface area contributed by atoms with E-state index in [1.54, 1.807) is 0 Å². The van der Waals surface area contributed by atoms with E-state index in [2.05, 4.69) is 58.0 Å². The highest BCUT2D eigenvalue weighted by Gasteiger charge is 2.32. The molecule has 3 rings (SSSR count). The van der Waals surface area contributed by atoms with Crippen LogP contribution in [0.15, 0.2) is 53.1 Å². The Morgan fingerprint density at radius 1 is 0.962 bits per heavy atom. The van der Waals surface area contributed by atoms with Crippen LogP contribution in [0.4, 0.5) is 17.3 Å². The second-order valence-corrected chi connectivity index (χ2v) is 6.95. The molecule has 0 atom stereocenters. The van der Waals surface area contributed by atoms with Crippen LogP contribution in [-0.4, -0.2) is 7.25 Å². The van der Waals surface area contributed by atoms with Gasteiger partial charge in [-0.2, -0.15) is 0 Å². The van der Waals surface area contributed by atoms with Gasteiger partial charge in [-0.3, -0.25) is 0 Å². The second kappa shape index (κ2) is 7.52. The van der Waals surface area contributed by atoms with E-state index in [0.717, 1.165) is 17.7 Å². The zero-order valence-corrected chi connectivity index (χ0v) is 15.3. The van der Waals surface area contributed by atoms with E-state index in [1.165, 1.54) is 16.5 Å². The van der Waals surface area contributed by atoms with Crippen LogP contribution < -0.4 is 4.74 Å². The fraction of sp³-hybridized carbons (Fsp3) is 0.316. The lowest BCUT2D eigenvalue weighted by molar-refractivity contribution is -0.886. The fourth-order valence-corrected chi connectivity index (χ4v) is 2.64. The standard InChI is InChI=1S/C19H22NO.BF4/c1-5-14-11-12-16-17(13-14)20(19(2,3)4)21-18(16)15-9-7-6-8-10-15;2-1(3,4)5/h6-13H,5H2,1-4H3;/q+1;-1. The van der Waals surface area contributed by atoms with Crippen LogP contribution in [0.5, 0.6) is 0 Å². The number of hydrogen-bond acceptors (Lipinski definition) is 1. The van der Waals surface area contributed by atoms with Crippen molar-refractivity contribution in [2.24, 2.45) is 0 Å². The lowest BCUT2D eigenvalue weighted by Gasteiger charge is -2.07. The first-order valence-corrected chi connectivity index (χ1v) is 8.42. The largest absolute Gasteiger partial charge is 0.673 e. The van der Waals surface area contributed by atoms with E-state index in [0.29, 0.717) is 0 Å². The van der Waals surface area contributed by atoms with Gasteiger partial charge in [0, 0.05) is 32.4 Å². The summed E-state index contributed by atoms with van der Waals surface area (Å²) in [5.74, 6) is 0.947. The van der Waals surface area contributed by atoms with E-state index in [9.17, 15) is 17.3 Å². The van der Waals surface area contributed by atoms with Crippen LogP contribution in [0.2, 0.25) is 0 Å². The smallest absolute Gasteiger partial charge is 0.418 e. The average Bonchev–Trinajstić information content (AvgIpc) is 2.93. The number of aryl methyl sites for hydroxylation is 1. The van der Waals surface area contributed by atoms with Gasteiger partial charge in [0.15, 0.2) is 0 Å². The molecule has 7 heteroatoms. The number of halogens is 4. The van der Waals surface area contributed by atoms with Gasteiger partial charge in [-0.05, 0) is 22.8 Å². The maximum Gasteiger partial charge on any atom is 0.673 e. The second-order valence-electron chi connectivity index (χ2n) is 6.95. The fourth-order valence-electron chi connectivity index (χ4n) is 2.64. The summed E-state index contributed by atoms with van der Waals surface area (Å²) in [6.07, 6.45) is 1.03. The number of rotatable bonds is 2.